The minimum Gasteiger partial charge on any atom is -0.356 e. The van der Waals surface area contributed by atoms with Crippen LogP contribution >= 0.6 is 0 Å². The van der Waals surface area contributed by atoms with Crippen LogP contribution in [-0.4, -0.2) is 42.1 Å². The van der Waals surface area contributed by atoms with Crippen molar-refractivity contribution in [1.82, 2.24) is 10.2 Å². The molecule has 144 valence electrons. The fourth-order valence-electron chi connectivity index (χ4n) is 4.08. The quantitative estimate of drug-likeness (QED) is 0.760. The van der Waals surface area contributed by atoms with Gasteiger partial charge in [0, 0.05) is 42.2 Å². The summed E-state index contributed by atoms with van der Waals surface area (Å²) in [6.45, 7) is 3.85. The molecule has 5 heteroatoms. The Morgan fingerprint density at radius 1 is 1.00 bits per heavy atom. The average molecular weight is 376 g/mol. The van der Waals surface area contributed by atoms with E-state index in [0.29, 0.717) is 49.2 Å². The molecule has 0 saturated carbocycles. The van der Waals surface area contributed by atoms with Gasteiger partial charge in [-0.1, -0.05) is 37.3 Å². The number of carbonyl (C=O) groups is 3. The van der Waals surface area contributed by atoms with E-state index in [1.807, 2.05) is 37.3 Å². The first-order valence-corrected chi connectivity index (χ1v) is 9.95. The largest absolute Gasteiger partial charge is 0.356 e. The number of amides is 2. The van der Waals surface area contributed by atoms with Crippen molar-refractivity contribution in [3.63, 3.8) is 0 Å². The van der Waals surface area contributed by atoms with Gasteiger partial charge in [0.1, 0.15) is 0 Å². The second-order valence-corrected chi connectivity index (χ2v) is 7.49. The Labute approximate surface area is 164 Å². The lowest BCUT2D eigenvalue weighted by atomic mass is 9.95. The van der Waals surface area contributed by atoms with E-state index in [1.54, 1.807) is 17.0 Å². The van der Waals surface area contributed by atoms with E-state index in [2.05, 4.69) is 5.32 Å². The third kappa shape index (κ3) is 3.21. The molecule has 1 fully saturated rings. The molecular weight excluding hydrogens is 352 g/mol. The van der Waals surface area contributed by atoms with E-state index in [4.69, 9.17) is 0 Å². The summed E-state index contributed by atoms with van der Waals surface area (Å²) in [5, 5.41) is 2.94. The van der Waals surface area contributed by atoms with Crippen molar-refractivity contribution in [3.8, 4) is 11.1 Å². The van der Waals surface area contributed by atoms with Crippen molar-refractivity contribution < 1.29 is 14.4 Å². The number of fused-ring (bicyclic) bond motifs is 3. The van der Waals surface area contributed by atoms with Crippen LogP contribution in [0.1, 0.15) is 52.5 Å². The molecule has 2 aliphatic rings. The smallest absolute Gasteiger partial charge is 0.253 e. The molecular formula is C23H24N2O3. The number of benzene rings is 2. The Morgan fingerprint density at radius 3 is 2.39 bits per heavy atom. The molecule has 28 heavy (non-hydrogen) atoms. The average Bonchev–Trinajstić information content (AvgIpc) is 3.03. The Balaban J connectivity index is 1.46. The van der Waals surface area contributed by atoms with Gasteiger partial charge in [0.15, 0.2) is 5.78 Å². The number of hydrogen-bond acceptors (Lipinski definition) is 3. The van der Waals surface area contributed by atoms with Gasteiger partial charge < -0.3 is 10.2 Å². The minimum atomic E-state index is -0.0704. The highest BCUT2D eigenvalue weighted by Crippen LogP contribution is 2.37. The van der Waals surface area contributed by atoms with Gasteiger partial charge in [-0.15, -0.1) is 0 Å². The lowest BCUT2D eigenvalue weighted by Crippen LogP contribution is -2.43. The van der Waals surface area contributed by atoms with Gasteiger partial charge in [0.05, 0.1) is 0 Å². The topological polar surface area (TPSA) is 66.5 Å². The van der Waals surface area contributed by atoms with E-state index in [-0.39, 0.29) is 23.5 Å². The molecule has 0 atom stereocenters. The summed E-state index contributed by atoms with van der Waals surface area (Å²) in [6.07, 6.45) is 2.27. The van der Waals surface area contributed by atoms with E-state index in [0.717, 1.165) is 17.5 Å². The molecule has 1 aliphatic heterocycles. The van der Waals surface area contributed by atoms with E-state index in [9.17, 15) is 14.4 Å². The fourth-order valence-corrected chi connectivity index (χ4v) is 4.08. The predicted octanol–water partition coefficient (Wildman–Crippen LogP) is 3.28. The van der Waals surface area contributed by atoms with Crippen molar-refractivity contribution in [1.29, 1.82) is 0 Å². The van der Waals surface area contributed by atoms with Gasteiger partial charge >= 0.3 is 0 Å². The summed E-state index contributed by atoms with van der Waals surface area (Å²) < 4.78 is 0. The monoisotopic (exact) mass is 376 g/mol. The number of rotatable bonds is 4. The second-order valence-electron chi connectivity index (χ2n) is 7.49. The molecule has 4 rings (SSSR count). The number of nitrogens with one attached hydrogen (secondary N) is 1. The van der Waals surface area contributed by atoms with Crippen LogP contribution in [0.25, 0.3) is 11.1 Å². The van der Waals surface area contributed by atoms with Crippen molar-refractivity contribution in [2.75, 3.05) is 19.6 Å². The first-order valence-electron chi connectivity index (χ1n) is 9.95. The van der Waals surface area contributed by atoms with Crippen LogP contribution in [0.4, 0.5) is 0 Å². The summed E-state index contributed by atoms with van der Waals surface area (Å²) in [5.74, 6) is -0.0212. The maximum absolute atomic E-state index is 12.9. The lowest BCUT2D eigenvalue weighted by molar-refractivity contribution is -0.126. The van der Waals surface area contributed by atoms with Gasteiger partial charge in [-0.05, 0) is 42.5 Å². The highest BCUT2D eigenvalue weighted by molar-refractivity contribution is 6.22. The summed E-state index contributed by atoms with van der Waals surface area (Å²) in [7, 11) is 0. The number of carbonyl (C=O) groups excluding carboxylic acids is 3. The predicted molar refractivity (Wildman–Crippen MR) is 107 cm³/mol. The Hall–Kier alpha value is -2.95. The molecule has 0 bridgehead atoms. The maximum atomic E-state index is 12.9. The molecule has 2 amide bonds. The van der Waals surface area contributed by atoms with Crippen LogP contribution in [0.2, 0.25) is 0 Å². The molecule has 5 nitrogen and oxygen atoms in total. The van der Waals surface area contributed by atoms with Gasteiger partial charge in [0.2, 0.25) is 5.91 Å². The number of hydrogen-bond donors (Lipinski definition) is 1. The van der Waals surface area contributed by atoms with Gasteiger partial charge in [-0.3, -0.25) is 14.4 Å². The Morgan fingerprint density at radius 2 is 1.68 bits per heavy atom. The Kier molecular flexibility index (Phi) is 4.99. The normalized spacial score (nSPS) is 15.9. The fraction of sp³-hybridized carbons (Fsp3) is 0.348. The zero-order valence-electron chi connectivity index (χ0n) is 16.0. The third-order valence-corrected chi connectivity index (χ3v) is 5.68. The van der Waals surface area contributed by atoms with Crippen LogP contribution in [0.15, 0.2) is 42.5 Å². The number of piperidine rings is 1. The molecule has 1 aliphatic carbocycles. The molecule has 2 aromatic carbocycles. The molecule has 1 saturated heterocycles. The van der Waals surface area contributed by atoms with E-state index in [1.165, 1.54) is 0 Å². The number of nitrogens with zero attached hydrogens (tertiary/aromatic N) is 1. The van der Waals surface area contributed by atoms with E-state index >= 15 is 0 Å². The Bertz CT molecular complexity index is 943. The zero-order chi connectivity index (χ0) is 19.7. The zero-order valence-corrected chi connectivity index (χ0v) is 16.0. The molecule has 1 heterocycles. The van der Waals surface area contributed by atoms with Crippen LogP contribution in [0.5, 0.6) is 0 Å². The molecule has 0 unspecified atom stereocenters. The van der Waals surface area contributed by atoms with Gasteiger partial charge in [0.25, 0.3) is 5.91 Å². The third-order valence-electron chi connectivity index (χ3n) is 5.68. The van der Waals surface area contributed by atoms with E-state index < -0.39 is 0 Å². The van der Waals surface area contributed by atoms with Crippen molar-refractivity contribution in [2.45, 2.75) is 26.2 Å². The van der Waals surface area contributed by atoms with Crippen LogP contribution in [-0.2, 0) is 4.79 Å². The minimum absolute atomic E-state index is 0.0216. The van der Waals surface area contributed by atoms with Crippen molar-refractivity contribution in [2.24, 2.45) is 5.92 Å². The number of likely N-dealkylation sites (tertiary alicyclic amines) is 1. The summed E-state index contributed by atoms with van der Waals surface area (Å²) in [4.78, 5) is 39.5. The highest BCUT2D eigenvalue weighted by Gasteiger charge is 2.30. The highest BCUT2D eigenvalue weighted by atomic mass is 16.2. The first-order chi connectivity index (χ1) is 13.6. The molecule has 0 radical (unpaired) electrons. The maximum Gasteiger partial charge on any atom is 0.253 e. The van der Waals surface area contributed by atoms with Crippen LogP contribution in [0.3, 0.4) is 0 Å². The van der Waals surface area contributed by atoms with Gasteiger partial charge in [-0.2, -0.15) is 0 Å². The van der Waals surface area contributed by atoms with Crippen molar-refractivity contribution in [3.05, 3.63) is 59.2 Å². The summed E-state index contributed by atoms with van der Waals surface area (Å²) >= 11 is 0. The second kappa shape index (κ2) is 7.58. The molecule has 0 aromatic heterocycles. The molecule has 0 spiro atoms. The number of ketones is 1. The van der Waals surface area contributed by atoms with Crippen LogP contribution in [0, 0.1) is 5.92 Å². The standard InChI is InChI=1S/C23H24N2O3/c1-2-11-24-22(27)15-9-12-25(13-10-15)23(28)16-7-8-18-17-5-3-4-6-19(17)21(26)20(18)14-16/h3-8,14-15H,2,9-13H2,1H3,(H,24,27). The van der Waals surface area contributed by atoms with Crippen molar-refractivity contribution >= 4 is 17.6 Å². The summed E-state index contributed by atoms with van der Waals surface area (Å²) in [6, 6.07) is 12.9. The lowest BCUT2D eigenvalue weighted by Gasteiger charge is -2.31. The van der Waals surface area contributed by atoms with Crippen LogP contribution < -0.4 is 5.32 Å². The summed E-state index contributed by atoms with van der Waals surface area (Å²) in [5.41, 5.74) is 3.65. The van der Waals surface area contributed by atoms with Gasteiger partial charge in [-0.25, -0.2) is 0 Å². The molecule has 1 N–H and O–H groups in total. The molecule has 2 aromatic rings. The SMILES string of the molecule is CCCNC(=O)C1CCN(C(=O)c2ccc3c(c2)C(=O)c2ccccc2-3)CC1. The first kappa shape index (κ1) is 18.4.